The molecule has 0 saturated heterocycles. The number of rotatable bonds is 3. The molecule has 0 unspecified atom stereocenters. The molecule has 4 nitrogen and oxygen atoms in total. The van der Waals surface area contributed by atoms with E-state index in [1.807, 2.05) is 6.92 Å². The smallest absolute Gasteiger partial charge is 0.312 e. The van der Waals surface area contributed by atoms with Gasteiger partial charge in [0.2, 0.25) is 0 Å². The van der Waals surface area contributed by atoms with Crippen LogP contribution < -0.4 is 0 Å². The minimum atomic E-state index is -0.242. The maximum absolute atomic E-state index is 10.9. The average Bonchev–Trinajstić information content (AvgIpc) is 2.36. The van der Waals surface area contributed by atoms with E-state index in [9.17, 15) is 4.79 Å². The molecule has 1 aromatic heterocycles. The summed E-state index contributed by atoms with van der Waals surface area (Å²) in [6, 6.07) is 0. The predicted molar refractivity (Wildman–Crippen MR) is 45.0 cm³/mol. The molecule has 0 aliphatic carbocycles. The fraction of sp³-hybridized carbons (Fsp3) is 0.571. The van der Waals surface area contributed by atoms with Crippen LogP contribution in [0.4, 0.5) is 0 Å². The summed E-state index contributed by atoms with van der Waals surface area (Å²) in [6.07, 6.45) is 0.235. The summed E-state index contributed by atoms with van der Waals surface area (Å²) in [5, 5.41) is 9.18. The standard InChI is InChI=1S/C7H10N2O2S/c1-3-11-7(10)4-6-9-8-5(2)12-6/h3-4H2,1-2H3. The molecule has 12 heavy (non-hydrogen) atoms. The minimum Gasteiger partial charge on any atom is -0.466 e. The molecule has 1 aromatic rings. The van der Waals surface area contributed by atoms with Gasteiger partial charge in [-0.1, -0.05) is 0 Å². The second-order valence-electron chi connectivity index (χ2n) is 2.20. The van der Waals surface area contributed by atoms with Crippen molar-refractivity contribution in [3.8, 4) is 0 Å². The third kappa shape index (κ3) is 2.58. The van der Waals surface area contributed by atoms with E-state index in [4.69, 9.17) is 4.74 Å². The first kappa shape index (κ1) is 9.12. The second-order valence-corrected chi connectivity index (χ2v) is 3.46. The largest absolute Gasteiger partial charge is 0.466 e. The molecule has 1 heterocycles. The molecule has 0 atom stereocenters. The van der Waals surface area contributed by atoms with Crippen LogP contribution in [0.5, 0.6) is 0 Å². The van der Waals surface area contributed by atoms with Crippen molar-refractivity contribution in [1.29, 1.82) is 0 Å². The first-order valence-corrected chi connectivity index (χ1v) is 4.48. The Bertz CT molecular complexity index is 272. The summed E-state index contributed by atoms with van der Waals surface area (Å²) in [5.41, 5.74) is 0. The van der Waals surface area contributed by atoms with Gasteiger partial charge in [-0.05, 0) is 13.8 Å². The molecule has 0 N–H and O–H groups in total. The van der Waals surface area contributed by atoms with Crippen molar-refractivity contribution in [2.75, 3.05) is 6.61 Å². The predicted octanol–water partition coefficient (Wildman–Crippen LogP) is 0.952. The van der Waals surface area contributed by atoms with Gasteiger partial charge in [0, 0.05) is 0 Å². The number of ether oxygens (including phenoxy) is 1. The molecule has 0 aliphatic rings. The molecule has 0 aromatic carbocycles. The first-order valence-electron chi connectivity index (χ1n) is 3.67. The molecule has 5 heteroatoms. The molecule has 66 valence electrons. The highest BCUT2D eigenvalue weighted by atomic mass is 32.1. The molecule has 0 bridgehead atoms. The quantitative estimate of drug-likeness (QED) is 0.659. The summed E-state index contributed by atoms with van der Waals surface area (Å²) in [6.45, 7) is 4.05. The summed E-state index contributed by atoms with van der Waals surface area (Å²) >= 11 is 1.42. The zero-order valence-corrected chi connectivity index (χ0v) is 7.85. The third-order valence-electron chi connectivity index (χ3n) is 1.17. The van der Waals surface area contributed by atoms with Crippen LogP contribution in [0.2, 0.25) is 0 Å². The molecule has 0 aliphatic heterocycles. The molecule has 0 amide bonds. The molecule has 0 radical (unpaired) electrons. The number of hydrogen-bond acceptors (Lipinski definition) is 5. The van der Waals surface area contributed by atoms with Gasteiger partial charge in [0.05, 0.1) is 13.0 Å². The van der Waals surface area contributed by atoms with Gasteiger partial charge in [-0.2, -0.15) is 0 Å². The Kier molecular flexibility index (Phi) is 3.16. The van der Waals surface area contributed by atoms with E-state index in [2.05, 4.69) is 10.2 Å². The van der Waals surface area contributed by atoms with Crippen LogP contribution in [0.25, 0.3) is 0 Å². The van der Waals surface area contributed by atoms with Gasteiger partial charge in [0.1, 0.15) is 10.0 Å². The van der Waals surface area contributed by atoms with Crippen molar-refractivity contribution >= 4 is 17.3 Å². The van der Waals surface area contributed by atoms with Crippen molar-refractivity contribution in [3.63, 3.8) is 0 Å². The van der Waals surface area contributed by atoms with E-state index in [0.717, 1.165) is 5.01 Å². The lowest BCUT2D eigenvalue weighted by Gasteiger charge is -1.96. The van der Waals surface area contributed by atoms with E-state index in [-0.39, 0.29) is 12.4 Å². The van der Waals surface area contributed by atoms with E-state index < -0.39 is 0 Å². The van der Waals surface area contributed by atoms with Crippen LogP contribution in [0.1, 0.15) is 16.9 Å². The Balaban J connectivity index is 2.46. The fourth-order valence-corrected chi connectivity index (χ4v) is 1.44. The molecule has 0 fully saturated rings. The van der Waals surface area contributed by atoms with E-state index in [1.54, 1.807) is 6.92 Å². The zero-order valence-electron chi connectivity index (χ0n) is 7.03. The monoisotopic (exact) mass is 186 g/mol. The lowest BCUT2D eigenvalue weighted by molar-refractivity contribution is -0.142. The summed E-state index contributed by atoms with van der Waals surface area (Å²) in [4.78, 5) is 10.9. The molecular formula is C7H10N2O2S. The number of aromatic nitrogens is 2. The van der Waals surface area contributed by atoms with E-state index in [1.165, 1.54) is 11.3 Å². The van der Waals surface area contributed by atoms with Gasteiger partial charge in [0.15, 0.2) is 0 Å². The normalized spacial score (nSPS) is 9.83. The van der Waals surface area contributed by atoms with Crippen molar-refractivity contribution in [2.24, 2.45) is 0 Å². The zero-order chi connectivity index (χ0) is 8.97. The Morgan fingerprint density at radius 1 is 1.58 bits per heavy atom. The SMILES string of the molecule is CCOC(=O)Cc1nnc(C)s1. The van der Waals surface area contributed by atoms with Crippen LogP contribution >= 0.6 is 11.3 Å². The Hall–Kier alpha value is -0.970. The van der Waals surface area contributed by atoms with E-state index in [0.29, 0.717) is 11.6 Å². The van der Waals surface area contributed by atoms with Gasteiger partial charge in [0.25, 0.3) is 0 Å². The number of hydrogen-bond donors (Lipinski definition) is 0. The molecular weight excluding hydrogens is 176 g/mol. The summed E-state index contributed by atoms with van der Waals surface area (Å²) < 4.78 is 4.76. The van der Waals surface area contributed by atoms with Crippen LogP contribution in [0.3, 0.4) is 0 Å². The third-order valence-corrected chi connectivity index (χ3v) is 2.01. The lowest BCUT2D eigenvalue weighted by Crippen LogP contribution is -2.07. The number of carbonyl (C=O) groups is 1. The number of nitrogens with zero attached hydrogens (tertiary/aromatic N) is 2. The van der Waals surface area contributed by atoms with Crippen molar-refractivity contribution in [1.82, 2.24) is 10.2 Å². The second kappa shape index (κ2) is 4.15. The maximum Gasteiger partial charge on any atom is 0.312 e. The lowest BCUT2D eigenvalue weighted by atomic mass is 10.5. The average molecular weight is 186 g/mol. The topological polar surface area (TPSA) is 52.1 Å². The van der Waals surface area contributed by atoms with Gasteiger partial charge in [-0.3, -0.25) is 4.79 Å². The van der Waals surface area contributed by atoms with Gasteiger partial charge in [-0.15, -0.1) is 21.5 Å². The molecule has 0 saturated carbocycles. The Morgan fingerprint density at radius 3 is 2.83 bits per heavy atom. The Morgan fingerprint density at radius 2 is 2.33 bits per heavy atom. The van der Waals surface area contributed by atoms with Gasteiger partial charge >= 0.3 is 5.97 Å². The fourth-order valence-electron chi connectivity index (χ4n) is 0.744. The highest BCUT2D eigenvalue weighted by molar-refractivity contribution is 7.11. The van der Waals surface area contributed by atoms with Crippen molar-refractivity contribution in [3.05, 3.63) is 10.0 Å². The van der Waals surface area contributed by atoms with Gasteiger partial charge < -0.3 is 4.74 Å². The number of esters is 1. The maximum atomic E-state index is 10.9. The van der Waals surface area contributed by atoms with Crippen LogP contribution in [-0.4, -0.2) is 22.8 Å². The van der Waals surface area contributed by atoms with Crippen LogP contribution in [0.15, 0.2) is 0 Å². The van der Waals surface area contributed by atoms with Crippen LogP contribution in [-0.2, 0) is 16.0 Å². The van der Waals surface area contributed by atoms with E-state index >= 15 is 0 Å². The summed E-state index contributed by atoms with van der Waals surface area (Å²) in [7, 11) is 0. The summed E-state index contributed by atoms with van der Waals surface area (Å²) in [5.74, 6) is -0.242. The first-order chi connectivity index (χ1) is 5.72. The number of aryl methyl sites for hydroxylation is 1. The molecule has 1 rings (SSSR count). The highest BCUT2D eigenvalue weighted by Gasteiger charge is 2.07. The highest BCUT2D eigenvalue weighted by Crippen LogP contribution is 2.08. The number of carbonyl (C=O) groups excluding carboxylic acids is 1. The minimum absolute atomic E-state index is 0.235. The van der Waals surface area contributed by atoms with Crippen LogP contribution in [0, 0.1) is 6.92 Å². The molecule has 0 spiro atoms. The van der Waals surface area contributed by atoms with Gasteiger partial charge in [-0.25, -0.2) is 0 Å². The van der Waals surface area contributed by atoms with Crippen molar-refractivity contribution < 1.29 is 9.53 Å². The van der Waals surface area contributed by atoms with Crippen molar-refractivity contribution in [2.45, 2.75) is 20.3 Å². The Labute approximate surface area is 74.6 Å².